The van der Waals surface area contributed by atoms with Gasteiger partial charge in [-0.25, -0.2) is 0 Å². The molecular weight excluding hydrogens is 350 g/mol. The third kappa shape index (κ3) is 6.82. The number of nitrogens with one attached hydrogen (secondary N) is 2. The second-order valence-corrected chi connectivity index (χ2v) is 7.34. The zero-order chi connectivity index (χ0) is 20.5. The Morgan fingerprint density at radius 3 is 2.04 bits per heavy atom. The predicted molar refractivity (Wildman–Crippen MR) is 116 cm³/mol. The number of benzene rings is 2. The highest BCUT2D eigenvalue weighted by molar-refractivity contribution is 5.95. The van der Waals surface area contributed by atoms with E-state index in [-0.39, 0.29) is 24.9 Å². The molecule has 2 aromatic carbocycles. The van der Waals surface area contributed by atoms with Crippen molar-refractivity contribution in [3.8, 4) is 0 Å². The Morgan fingerprint density at radius 1 is 0.893 bits per heavy atom. The van der Waals surface area contributed by atoms with Crippen molar-refractivity contribution in [2.75, 3.05) is 30.8 Å². The topological polar surface area (TPSA) is 61.4 Å². The van der Waals surface area contributed by atoms with Crippen LogP contribution in [0.25, 0.3) is 0 Å². The summed E-state index contributed by atoms with van der Waals surface area (Å²) in [5, 5.41) is 5.83. The summed E-state index contributed by atoms with van der Waals surface area (Å²) in [7, 11) is 1.76. The van der Waals surface area contributed by atoms with Gasteiger partial charge < -0.3 is 10.6 Å². The van der Waals surface area contributed by atoms with Crippen molar-refractivity contribution in [1.29, 1.82) is 0 Å². The predicted octanol–water partition coefficient (Wildman–Crippen LogP) is 4.16. The third-order valence-corrected chi connectivity index (χ3v) is 4.63. The molecule has 0 aromatic heterocycles. The molecule has 0 spiro atoms. The minimum Gasteiger partial charge on any atom is -0.325 e. The summed E-state index contributed by atoms with van der Waals surface area (Å²) in [4.78, 5) is 26.3. The fourth-order valence-electron chi connectivity index (χ4n) is 3.07. The van der Waals surface area contributed by atoms with E-state index < -0.39 is 0 Å². The lowest BCUT2D eigenvalue weighted by Gasteiger charge is -2.17. The van der Waals surface area contributed by atoms with Crippen molar-refractivity contribution in [2.24, 2.45) is 0 Å². The van der Waals surface area contributed by atoms with Gasteiger partial charge in [0.15, 0.2) is 0 Å². The van der Waals surface area contributed by atoms with Gasteiger partial charge in [0.05, 0.1) is 13.1 Å². The van der Waals surface area contributed by atoms with Crippen LogP contribution in [-0.2, 0) is 16.0 Å². The molecule has 28 heavy (non-hydrogen) atoms. The fourth-order valence-corrected chi connectivity index (χ4v) is 3.07. The molecule has 2 amide bonds. The summed E-state index contributed by atoms with van der Waals surface area (Å²) in [6.45, 7) is 6.41. The molecule has 0 aliphatic rings. The van der Waals surface area contributed by atoms with Crippen LogP contribution in [0.3, 0.4) is 0 Å². The first kappa shape index (κ1) is 21.6. The number of carbonyl (C=O) groups is 2. The van der Waals surface area contributed by atoms with E-state index in [1.807, 2.05) is 56.3 Å². The van der Waals surface area contributed by atoms with Crippen LogP contribution in [0.2, 0.25) is 0 Å². The van der Waals surface area contributed by atoms with Gasteiger partial charge >= 0.3 is 0 Å². The number of rotatable bonds is 9. The number of likely N-dealkylation sites (N-methyl/N-ethyl adjacent to an activating group) is 1. The first-order chi connectivity index (χ1) is 13.4. The minimum atomic E-state index is -0.135. The molecule has 0 heterocycles. The second-order valence-electron chi connectivity index (χ2n) is 7.34. The fraction of sp³-hybridized carbons (Fsp3) is 0.391. The van der Waals surface area contributed by atoms with E-state index >= 15 is 0 Å². The maximum Gasteiger partial charge on any atom is 0.238 e. The number of para-hydroxylation sites is 1. The van der Waals surface area contributed by atoms with E-state index in [1.54, 1.807) is 11.9 Å². The van der Waals surface area contributed by atoms with Gasteiger partial charge in [-0.05, 0) is 62.6 Å². The summed E-state index contributed by atoms with van der Waals surface area (Å²) < 4.78 is 0. The summed E-state index contributed by atoms with van der Waals surface area (Å²) in [5.74, 6) is -0.267. The lowest BCUT2D eigenvalue weighted by Crippen LogP contribution is -2.36. The Hall–Kier alpha value is -2.66. The quantitative estimate of drug-likeness (QED) is 0.686. The maximum absolute atomic E-state index is 12.3. The number of amides is 2. The van der Waals surface area contributed by atoms with Crippen molar-refractivity contribution in [3.05, 3.63) is 59.2 Å². The molecule has 0 unspecified atom stereocenters. The summed E-state index contributed by atoms with van der Waals surface area (Å²) in [6.07, 6.45) is 3.39. The SMILES string of the molecule is CCCCc1ccc(NC(=O)CN(C)CC(=O)Nc2c(C)cccc2C)cc1. The van der Waals surface area contributed by atoms with Crippen LogP contribution < -0.4 is 10.6 Å². The summed E-state index contributed by atoms with van der Waals surface area (Å²) in [6, 6.07) is 13.8. The molecule has 0 radical (unpaired) electrons. The Bertz CT molecular complexity index is 780. The van der Waals surface area contributed by atoms with Crippen molar-refractivity contribution in [3.63, 3.8) is 0 Å². The second kappa shape index (κ2) is 10.6. The Labute approximate surface area is 168 Å². The number of aryl methyl sites for hydroxylation is 3. The highest BCUT2D eigenvalue weighted by atomic mass is 16.2. The number of hydrogen-bond donors (Lipinski definition) is 2. The first-order valence-electron chi connectivity index (χ1n) is 9.82. The average Bonchev–Trinajstić information content (AvgIpc) is 2.64. The standard InChI is InChI=1S/C23H31N3O2/c1-5-6-10-19-11-13-20(14-12-19)24-21(27)15-26(4)16-22(28)25-23-17(2)8-7-9-18(23)3/h7-9,11-14H,5-6,10,15-16H2,1-4H3,(H,24,27)(H,25,28). The molecule has 0 aliphatic heterocycles. The van der Waals surface area contributed by atoms with E-state index in [9.17, 15) is 9.59 Å². The van der Waals surface area contributed by atoms with E-state index in [0.29, 0.717) is 0 Å². The van der Waals surface area contributed by atoms with Gasteiger partial charge in [-0.15, -0.1) is 0 Å². The molecule has 5 heteroatoms. The van der Waals surface area contributed by atoms with Crippen LogP contribution in [0.1, 0.15) is 36.5 Å². The van der Waals surface area contributed by atoms with E-state index in [1.165, 1.54) is 18.4 Å². The van der Waals surface area contributed by atoms with Crippen LogP contribution in [0.15, 0.2) is 42.5 Å². The van der Waals surface area contributed by atoms with Crippen LogP contribution in [0.4, 0.5) is 11.4 Å². The molecule has 0 atom stereocenters. The molecule has 5 nitrogen and oxygen atoms in total. The van der Waals surface area contributed by atoms with Crippen LogP contribution in [0, 0.1) is 13.8 Å². The monoisotopic (exact) mass is 381 g/mol. The van der Waals surface area contributed by atoms with Crippen molar-refractivity contribution in [2.45, 2.75) is 40.0 Å². The largest absolute Gasteiger partial charge is 0.325 e. The smallest absolute Gasteiger partial charge is 0.238 e. The molecule has 2 aromatic rings. The summed E-state index contributed by atoms with van der Waals surface area (Å²) >= 11 is 0. The van der Waals surface area contributed by atoms with E-state index in [0.717, 1.165) is 28.9 Å². The highest BCUT2D eigenvalue weighted by Crippen LogP contribution is 2.19. The van der Waals surface area contributed by atoms with Gasteiger partial charge in [0.2, 0.25) is 11.8 Å². The Balaban J connectivity index is 1.81. The molecule has 2 N–H and O–H groups in total. The van der Waals surface area contributed by atoms with Gasteiger partial charge in [0, 0.05) is 11.4 Å². The maximum atomic E-state index is 12.3. The van der Waals surface area contributed by atoms with E-state index in [4.69, 9.17) is 0 Å². The zero-order valence-electron chi connectivity index (χ0n) is 17.3. The van der Waals surface area contributed by atoms with Crippen LogP contribution >= 0.6 is 0 Å². The molecule has 150 valence electrons. The van der Waals surface area contributed by atoms with Crippen LogP contribution in [0.5, 0.6) is 0 Å². The Morgan fingerprint density at radius 2 is 1.46 bits per heavy atom. The highest BCUT2D eigenvalue weighted by Gasteiger charge is 2.13. The molecule has 0 aliphatic carbocycles. The number of carbonyl (C=O) groups excluding carboxylic acids is 2. The number of hydrogen-bond acceptors (Lipinski definition) is 3. The third-order valence-electron chi connectivity index (χ3n) is 4.63. The lowest BCUT2D eigenvalue weighted by molar-refractivity contribution is -0.119. The number of anilines is 2. The van der Waals surface area contributed by atoms with Gasteiger partial charge in [-0.3, -0.25) is 14.5 Å². The normalized spacial score (nSPS) is 10.8. The lowest BCUT2D eigenvalue weighted by atomic mass is 10.1. The molecule has 0 fully saturated rings. The van der Waals surface area contributed by atoms with Gasteiger partial charge in [0.25, 0.3) is 0 Å². The average molecular weight is 382 g/mol. The van der Waals surface area contributed by atoms with Gasteiger partial charge in [-0.2, -0.15) is 0 Å². The minimum absolute atomic E-state index is 0.132. The molecule has 0 saturated heterocycles. The van der Waals surface area contributed by atoms with Crippen molar-refractivity contribution >= 4 is 23.2 Å². The van der Waals surface area contributed by atoms with E-state index in [2.05, 4.69) is 17.6 Å². The molecule has 2 rings (SSSR count). The van der Waals surface area contributed by atoms with Gasteiger partial charge in [-0.1, -0.05) is 43.7 Å². The van der Waals surface area contributed by atoms with Crippen molar-refractivity contribution < 1.29 is 9.59 Å². The molecule has 0 bridgehead atoms. The zero-order valence-corrected chi connectivity index (χ0v) is 17.3. The molecular formula is C23H31N3O2. The summed E-state index contributed by atoms with van der Waals surface area (Å²) in [5.41, 5.74) is 4.94. The number of unbranched alkanes of at least 4 members (excludes halogenated alkanes) is 1. The molecule has 0 saturated carbocycles. The number of nitrogens with zero attached hydrogens (tertiary/aromatic N) is 1. The van der Waals surface area contributed by atoms with Crippen molar-refractivity contribution in [1.82, 2.24) is 4.90 Å². The van der Waals surface area contributed by atoms with Crippen LogP contribution in [-0.4, -0.2) is 36.9 Å². The first-order valence-corrected chi connectivity index (χ1v) is 9.82. The van der Waals surface area contributed by atoms with Gasteiger partial charge in [0.1, 0.15) is 0 Å². The Kier molecular flexibility index (Phi) is 8.20.